The molecule has 12 aromatic rings. The van der Waals surface area contributed by atoms with Crippen LogP contribution in [0.1, 0.15) is 22.3 Å². The zero-order chi connectivity index (χ0) is 44.1. The number of hydrogen-bond acceptors (Lipinski definition) is 1. The Kier molecular flexibility index (Phi) is 8.23. The fourth-order valence-corrected chi connectivity index (χ4v) is 11.6. The van der Waals surface area contributed by atoms with E-state index in [1.165, 1.54) is 99.3 Å². The molecule has 0 atom stereocenters. The van der Waals surface area contributed by atoms with Gasteiger partial charge in [0, 0.05) is 33.5 Å². The topological polar surface area (TPSA) is 8.17 Å². The van der Waals surface area contributed by atoms with E-state index in [2.05, 4.69) is 264 Å². The molecule has 11 aromatic carbocycles. The molecule has 0 fully saturated rings. The van der Waals surface area contributed by atoms with Crippen molar-refractivity contribution in [3.63, 3.8) is 0 Å². The molecule has 14 rings (SSSR count). The van der Waals surface area contributed by atoms with E-state index in [9.17, 15) is 0 Å². The molecular formula is C65H42N2. The number of aromatic nitrogens is 1. The summed E-state index contributed by atoms with van der Waals surface area (Å²) in [6, 6.07) is 94.3. The maximum atomic E-state index is 2.48. The van der Waals surface area contributed by atoms with E-state index in [-0.39, 0.29) is 0 Å². The van der Waals surface area contributed by atoms with Gasteiger partial charge in [0.1, 0.15) is 0 Å². The van der Waals surface area contributed by atoms with Crippen LogP contribution < -0.4 is 4.90 Å². The maximum absolute atomic E-state index is 2.48. The van der Waals surface area contributed by atoms with Gasteiger partial charge in [-0.2, -0.15) is 0 Å². The fraction of sp³-hybridized carbons (Fsp3) is 0.0154. The number of nitrogens with zero attached hydrogens (tertiary/aromatic N) is 2. The van der Waals surface area contributed by atoms with Gasteiger partial charge in [-0.15, -0.1) is 0 Å². The molecule has 0 unspecified atom stereocenters. The summed E-state index contributed by atoms with van der Waals surface area (Å²) in [5, 5.41) is 4.98. The Morgan fingerprint density at radius 3 is 1.45 bits per heavy atom. The van der Waals surface area contributed by atoms with Crippen molar-refractivity contribution in [3.05, 3.63) is 277 Å². The minimum Gasteiger partial charge on any atom is -0.310 e. The highest BCUT2D eigenvalue weighted by Crippen LogP contribution is 2.63. The van der Waals surface area contributed by atoms with E-state index < -0.39 is 5.41 Å². The highest BCUT2D eigenvalue weighted by atomic mass is 15.1. The molecular weight excluding hydrogens is 809 g/mol. The second-order valence-electron chi connectivity index (χ2n) is 18.0. The van der Waals surface area contributed by atoms with E-state index in [1.54, 1.807) is 0 Å². The molecule has 2 heteroatoms. The second kappa shape index (κ2) is 14.7. The average molecular weight is 851 g/mol. The molecule has 2 aliphatic rings. The van der Waals surface area contributed by atoms with Gasteiger partial charge in [-0.05, 0) is 138 Å². The molecule has 0 radical (unpaired) electrons. The third-order valence-electron chi connectivity index (χ3n) is 14.6. The Hall–Kier alpha value is -8.72. The third kappa shape index (κ3) is 5.57. The lowest BCUT2D eigenvalue weighted by atomic mass is 9.70. The molecule has 0 bridgehead atoms. The zero-order valence-corrected chi connectivity index (χ0v) is 36.6. The quantitative estimate of drug-likeness (QED) is 0.162. The normalized spacial score (nSPS) is 12.9. The van der Waals surface area contributed by atoms with E-state index in [0.717, 1.165) is 22.7 Å². The summed E-state index contributed by atoms with van der Waals surface area (Å²) < 4.78 is 2.43. The van der Waals surface area contributed by atoms with E-state index in [0.29, 0.717) is 0 Å². The van der Waals surface area contributed by atoms with Crippen LogP contribution in [0, 0.1) is 0 Å². The van der Waals surface area contributed by atoms with E-state index >= 15 is 0 Å². The van der Waals surface area contributed by atoms with Crippen LogP contribution in [0.3, 0.4) is 0 Å². The summed E-state index contributed by atoms with van der Waals surface area (Å²) in [5.74, 6) is 0. The van der Waals surface area contributed by atoms with Gasteiger partial charge in [-0.3, -0.25) is 0 Å². The van der Waals surface area contributed by atoms with Gasteiger partial charge < -0.3 is 9.47 Å². The van der Waals surface area contributed by atoms with Crippen molar-refractivity contribution in [2.24, 2.45) is 0 Å². The van der Waals surface area contributed by atoms with Gasteiger partial charge in [0.2, 0.25) is 0 Å². The first-order valence-corrected chi connectivity index (χ1v) is 23.2. The van der Waals surface area contributed by atoms with Crippen LogP contribution >= 0.6 is 0 Å². The molecule has 67 heavy (non-hydrogen) atoms. The molecule has 0 amide bonds. The summed E-state index contributed by atoms with van der Waals surface area (Å²) in [6.07, 6.45) is 0. The maximum Gasteiger partial charge on any atom is 0.0726 e. The Labute approximate surface area is 389 Å². The van der Waals surface area contributed by atoms with Crippen LogP contribution in [0.4, 0.5) is 17.1 Å². The van der Waals surface area contributed by atoms with Crippen molar-refractivity contribution in [2.75, 3.05) is 4.90 Å². The van der Waals surface area contributed by atoms with Crippen molar-refractivity contribution >= 4 is 49.6 Å². The Morgan fingerprint density at radius 1 is 0.284 bits per heavy atom. The predicted octanol–water partition coefficient (Wildman–Crippen LogP) is 17.1. The Morgan fingerprint density at radius 2 is 0.776 bits per heavy atom. The van der Waals surface area contributed by atoms with Gasteiger partial charge in [0.25, 0.3) is 0 Å². The molecule has 1 aromatic heterocycles. The van der Waals surface area contributed by atoms with E-state index in [4.69, 9.17) is 0 Å². The SMILES string of the molecule is c1ccc(-c2ccc(N(c3ccc(-c4ccc5c6ccccc6n(-c6ccc7ccccc7c6)c5c4)cc3)c3ccc4c(c3)C3(c5ccccc5-c5ccccc53)c3ccccc3-4)cc2)cc1. The fourth-order valence-electron chi connectivity index (χ4n) is 11.6. The van der Waals surface area contributed by atoms with Crippen LogP contribution in [0.2, 0.25) is 0 Å². The lowest BCUT2D eigenvalue weighted by Gasteiger charge is -2.32. The van der Waals surface area contributed by atoms with Gasteiger partial charge in [-0.25, -0.2) is 0 Å². The highest BCUT2D eigenvalue weighted by molar-refractivity contribution is 6.10. The minimum atomic E-state index is -0.435. The smallest absolute Gasteiger partial charge is 0.0726 e. The zero-order valence-electron chi connectivity index (χ0n) is 36.6. The van der Waals surface area contributed by atoms with Gasteiger partial charge in [-0.1, -0.05) is 194 Å². The third-order valence-corrected chi connectivity index (χ3v) is 14.6. The molecule has 0 N–H and O–H groups in total. The average Bonchev–Trinajstić information content (AvgIpc) is 4.01. The predicted molar refractivity (Wildman–Crippen MR) is 280 cm³/mol. The largest absolute Gasteiger partial charge is 0.310 e. The molecule has 1 heterocycles. The second-order valence-corrected chi connectivity index (χ2v) is 18.0. The van der Waals surface area contributed by atoms with Gasteiger partial charge in [0.05, 0.1) is 16.4 Å². The van der Waals surface area contributed by atoms with Crippen LogP contribution in [0.25, 0.3) is 82.8 Å². The number of rotatable bonds is 6. The van der Waals surface area contributed by atoms with Crippen LogP contribution in [-0.2, 0) is 5.41 Å². The Balaban J connectivity index is 0.924. The van der Waals surface area contributed by atoms with Crippen molar-refractivity contribution < 1.29 is 0 Å². The van der Waals surface area contributed by atoms with Crippen molar-refractivity contribution in [1.29, 1.82) is 0 Å². The summed E-state index contributed by atoms with van der Waals surface area (Å²) >= 11 is 0. The van der Waals surface area contributed by atoms with Crippen molar-refractivity contribution in [2.45, 2.75) is 5.41 Å². The molecule has 0 saturated heterocycles. The summed E-state index contributed by atoms with van der Waals surface area (Å²) in [5.41, 5.74) is 21.8. The first kappa shape index (κ1) is 37.6. The van der Waals surface area contributed by atoms with Crippen molar-refractivity contribution in [1.82, 2.24) is 4.57 Å². The Bertz CT molecular complexity index is 3850. The summed E-state index contributed by atoms with van der Waals surface area (Å²) in [6.45, 7) is 0. The first-order valence-electron chi connectivity index (χ1n) is 23.2. The minimum absolute atomic E-state index is 0.435. The number of fused-ring (bicyclic) bond motifs is 14. The molecule has 2 nitrogen and oxygen atoms in total. The summed E-state index contributed by atoms with van der Waals surface area (Å²) in [7, 11) is 0. The molecule has 0 aliphatic heterocycles. The molecule has 0 saturated carbocycles. The van der Waals surface area contributed by atoms with Crippen LogP contribution in [0.15, 0.2) is 255 Å². The van der Waals surface area contributed by atoms with Crippen molar-refractivity contribution in [3.8, 4) is 50.2 Å². The van der Waals surface area contributed by atoms with Crippen LogP contribution in [-0.4, -0.2) is 4.57 Å². The number of para-hydroxylation sites is 1. The number of anilines is 3. The van der Waals surface area contributed by atoms with Crippen LogP contribution in [0.5, 0.6) is 0 Å². The van der Waals surface area contributed by atoms with Gasteiger partial charge in [0.15, 0.2) is 0 Å². The van der Waals surface area contributed by atoms with Gasteiger partial charge >= 0.3 is 0 Å². The summed E-state index contributed by atoms with van der Waals surface area (Å²) in [4.78, 5) is 2.43. The molecule has 312 valence electrons. The standard InChI is InChI=1S/C65H42N2/c1-2-14-43(15-3-1)45-26-32-49(33-27-45)66(52-37-39-56-55-20-8-12-24-61(55)65(62(56)42-52)59-22-10-6-18-53(59)54-19-7-11-23-60(54)65)50-34-28-46(29-35-50)48-31-38-58-57-21-9-13-25-63(57)67(64(58)41-48)51-36-30-44-16-4-5-17-47(44)40-51/h1-42H. The first-order chi connectivity index (χ1) is 33.2. The lowest BCUT2D eigenvalue weighted by molar-refractivity contribution is 0.793. The lowest BCUT2D eigenvalue weighted by Crippen LogP contribution is -2.26. The van der Waals surface area contributed by atoms with E-state index in [1.807, 2.05) is 0 Å². The highest BCUT2D eigenvalue weighted by Gasteiger charge is 2.51. The number of benzene rings is 11. The number of hydrogen-bond donors (Lipinski definition) is 0. The molecule has 2 aliphatic carbocycles. The molecule has 1 spiro atoms. The monoisotopic (exact) mass is 850 g/mol.